The Bertz CT molecular complexity index is 342. The molecule has 1 aliphatic rings. The molecule has 0 amide bonds. The summed E-state index contributed by atoms with van der Waals surface area (Å²) in [4.78, 5) is 0. The summed E-state index contributed by atoms with van der Waals surface area (Å²) in [7, 11) is 2.01. The highest BCUT2D eigenvalue weighted by molar-refractivity contribution is 5.30. The molecule has 1 aromatic rings. The van der Waals surface area contributed by atoms with Gasteiger partial charge in [0, 0.05) is 6.04 Å². The molecule has 0 aliphatic heterocycles. The molecule has 0 heterocycles. The maximum Gasteiger partial charge on any atom is 0.120 e. The van der Waals surface area contributed by atoms with E-state index >= 15 is 0 Å². The van der Waals surface area contributed by atoms with Gasteiger partial charge in [0.2, 0.25) is 0 Å². The molecular formula is C14H21NO. The van der Waals surface area contributed by atoms with Crippen LogP contribution in [0.3, 0.4) is 0 Å². The van der Waals surface area contributed by atoms with Gasteiger partial charge >= 0.3 is 0 Å². The highest BCUT2D eigenvalue weighted by Gasteiger charge is 2.29. The van der Waals surface area contributed by atoms with Crippen molar-refractivity contribution in [3.05, 3.63) is 29.8 Å². The summed E-state index contributed by atoms with van der Waals surface area (Å²) in [5, 5.41) is 3.27. The van der Waals surface area contributed by atoms with E-state index in [4.69, 9.17) is 4.74 Å². The molecule has 0 saturated heterocycles. The maximum absolute atomic E-state index is 5.93. The molecule has 0 unspecified atom stereocenters. The van der Waals surface area contributed by atoms with Crippen molar-refractivity contribution < 1.29 is 4.74 Å². The van der Waals surface area contributed by atoms with Crippen LogP contribution in [-0.4, -0.2) is 19.2 Å². The van der Waals surface area contributed by atoms with Crippen LogP contribution in [0.5, 0.6) is 5.75 Å². The number of nitrogens with one attached hydrogen (secondary N) is 1. The quantitative estimate of drug-likeness (QED) is 0.840. The molecule has 0 atom stereocenters. The summed E-state index contributed by atoms with van der Waals surface area (Å²) >= 11 is 0. The van der Waals surface area contributed by atoms with Crippen molar-refractivity contribution in [2.75, 3.05) is 7.05 Å². The number of benzene rings is 1. The zero-order valence-corrected chi connectivity index (χ0v) is 10.4. The van der Waals surface area contributed by atoms with Crippen molar-refractivity contribution in [3.8, 4) is 5.75 Å². The van der Waals surface area contributed by atoms with Crippen LogP contribution in [0, 0.1) is 0 Å². The van der Waals surface area contributed by atoms with E-state index in [1.807, 2.05) is 7.05 Å². The van der Waals surface area contributed by atoms with Gasteiger partial charge in [-0.05, 0) is 43.5 Å². The van der Waals surface area contributed by atoms with E-state index < -0.39 is 0 Å². The van der Waals surface area contributed by atoms with Gasteiger partial charge in [-0.1, -0.05) is 26.0 Å². The van der Waals surface area contributed by atoms with Crippen molar-refractivity contribution in [2.24, 2.45) is 0 Å². The maximum atomic E-state index is 5.93. The van der Waals surface area contributed by atoms with Crippen LogP contribution >= 0.6 is 0 Å². The molecule has 2 nitrogen and oxygen atoms in total. The predicted molar refractivity (Wildman–Crippen MR) is 67.0 cm³/mol. The third-order valence-corrected chi connectivity index (χ3v) is 3.33. The minimum absolute atomic E-state index is 0.403. The Kier molecular flexibility index (Phi) is 3.49. The summed E-state index contributed by atoms with van der Waals surface area (Å²) in [6.45, 7) is 4.42. The molecule has 0 aromatic heterocycles. The van der Waals surface area contributed by atoms with E-state index in [0.29, 0.717) is 18.1 Å². The summed E-state index contributed by atoms with van der Waals surface area (Å²) in [6, 6.07) is 9.11. The Morgan fingerprint density at radius 3 is 2.69 bits per heavy atom. The van der Waals surface area contributed by atoms with Crippen LogP contribution in [-0.2, 0) is 0 Å². The monoisotopic (exact) mass is 219 g/mol. The first-order valence-electron chi connectivity index (χ1n) is 6.13. The summed E-state index contributed by atoms with van der Waals surface area (Å²) in [6.07, 6.45) is 2.66. The van der Waals surface area contributed by atoms with Crippen molar-refractivity contribution >= 4 is 0 Å². The Morgan fingerprint density at radius 2 is 2.06 bits per heavy atom. The van der Waals surface area contributed by atoms with Crippen LogP contribution in [0.2, 0.25) is 0 Å². The second-order valence-corrected chi connectivity index (χ2v) is 4.92. The summed E-state index contributed by atoms with van der Waals surface area (Å²) in [5.74, 6) is 1.58. The van der Waals surface area contributed by atoms with Crippen LogP contribution in [0.1, 0.15) is 38.2 Å². The lowest BCUT2D eigenvalue weighted by Gasteiger charge is -2.35. The van der Waals surface area contributed by atoms with Crippen molar-refractivity contribution in [3.63, 3.8) is 0 Å². The highest BCUT2D eigenvalue weighted by atomic mass is 16.5. The smallest absolute Gasteiger partial charge is 0.120 e. The van der Waals surface area contributed by atoms with Crippen molar-refractivity contribution in [1.29, 1.82) is 0 Å². The number of rotatable bonds is 4. The fraction of sp³-hybridized carbons (Fsp3) is 0.571. The molecule has 0 radical (unpaired) electrons. The molecule has 1 saturated carbocycles. The molecule has 0 bridgehead atoms. The lowest BCUT2D eigenvalue weighted by Crippen LogP contribution is -2.45. The van der Waals surface area contributed by atoms with Crippen LogP contribution in [0.25, 0.3) is 0 Å². The van der Waals surface area contributed by atoms with E-state index in [2.05, 4.69) is 43.4 Å². The van der Waals surface area contributed by atoms with Gasteiger partial charge in [0.1, 0.15) is 11.9 Å². The molecule has 1 fully saturated rings. The Morgan fingerprint density at radius 1 is 1.31 bits per heavy atom. The molecule has 2 rings (SSSR count). The summed E-state index contributed by atoms with van der Waals surface area (Å²) in [5.41, 5.74) is 1.35. The van der Waals surface area contributed by atoms with E-state index in [1.165, 1.54) is 5.56 Å². The fourth-order valence-electron chi connectivity index (χ4n) is 2.04. The Labute approximate surface area is 98.0 Å². The van der Waals surface area contributed by atoms with Crippen LogP contribution in [0.15, 0.2) is 24.3 Å². The topological polar surface area (TPSA) is 21.3 Å². The average molecular weight is 219 g/mol. The van der Waals surface area contributed by atoms with Gasteiger partial charge in [-0.2, -0.15) is 0 Å². The van der Waals surface area contributed by atoms with Gasteiger partial charge in [-0.15, -0.1) is 0 Å². The molecule has 1 aliphatic carbocycles. The predicted octanol–water partition coefficient (Wildman–Crippen LogP) is 2.94. The number of hydrogen-bond donors (Lipinski definition) is 1. The first kappa shape index (κ1) is 11.5. The Hall–Kier alpha value is -1.02. The lowest BCUT2D eigenvalue weighted by molar-refractivity contribution is 0.0884. The van der Waals surface area contributed by atoms with Crippen LogP contribution in [0.4, 0.5) is 0 Å². The molecule has 1 aromatic carbocycles. The van der Waals surface area contributed by atoms with Crippen molar-refractivity contribution in [1.82, 2.24) is 5.32 Å². The molecule has 2 heteroatoms. The normalized spacial score (nSPS) is 24.2. The number of hydrogen-bond acceptors (Lipinski definition) is 2. The molecule has 1 N–H and O–H groups in total. The largest absolute Gasteiger partial charge is 0.490 e. The van der Waals surface area contributed by atoms with E-state index in [-0.39, 0.29) is 0 Å². The van der Waals surface area contributed by atoms with Gasteiger partial charge in [0.05, 0.1) is 0 Å². The van der Waals surface area contributed by atoms with Gasteiger partial charge < -0.3 is 10.1 Å². The second kappa shape index (κ2) is 4.88. The zero-order valence-electron chi connectivity index (χ0n) is 10.4. The second-order valence-electron chi connectivity index (χ2n) is 4.92. The van der Waals surface area contributed by atoms with Gasteiger partial charge in [-0.25, -0.2) is 0 Å². The molecule has 88 valence electrons. The fourth-order valence-corrected chi connectivity index (χ4v) is 2.04. The minimum Gasteiger partial charge on any atom is -0.490 e. The third kappa shape index (κ3) is 2.56. The molecule has 0 spiro atoms. The first-order chi connectivity index (χ1) is 7.69. The van der Waals surface area contributed by atoms with Crippen LogP contribution < -0.4 is 10.1 Å². The summed E-state index contributed by atoms with van der Waals surface area (Å²) < 4.78 is 5.93. The first-order valence-corrected chi connectivity index (χ1v) is 6.13. The highest BCUT2D eigenvalue weighted by Crippen LogP contribution is 2.27. The SMILES string of the molecule is CN[C@H]1C[C@H](Oc2cccc(C(C)C)c2)C1. The van der Waals surface area contributed by atoms with Crippen molar-refractivity contribution in [2.45, 2.75) is 44.8 Å². The van der Waals surface area contributed by atoms with Gasteiger partial charge in [0.25, 0.3) is 0 Å². The average Bonchev–Trinajstić information content (AvgIpc) is 2.23. The molecular weight excluding hydrogens is 198 g/mol. The van der Waals surface area contributed by atoms with Gasteiger partial charge in [0.15, 0.2) is 0 Å². The van der Waals surface area contributed by atoms with E-state index in [0.717, 1.165) is 18.6 Å². The van der Waals surface area contributed by atoms with E-state index in [9.17, 15) is 0 Å². The molecule has 16 heavy (non-hydrogen) atoms. The minimum atomic E-state index is 0.403. The Balaban J connectivity index is 1.92. The third-order valence-electron chi connectivity index (χ3n) is 3.33. The zero-order chi connectivity index (χ0) is 11.5. The van der Waals surface area contributed by atoms with Gasteiger partial charge in [-0.3, -0.25) is 0 Å². The lowest BCUT2D eigenvalue weighted by atomic mass is 9.89. The van der Waals surface area contributed by atoms with E-state index in [1.54, 1.807) is 0 Å². The number of ether oxygens (including phenoxy) is 1. The standard InChI is InChI=1S/C14H21NO/c1-10(2)11-5-4-6-13(7-11)16-14-8-12(9-14)15-3/h4-7,10,12,14-15H,8-9H2,1-3H3/t12-,14-.